The molecule has 0 rings (SSSR count). The van der Waals surface area contributed by atoms with E-state index in [-0.39, 0.29) is 19.1 Å². The number of phosphoric acid groups is 1. The van der Waals surface area contributed by atoms with Gasteiger partial charge in [-0.1, -0.05) is 0 Å². The third-order valence-electron chi connectivity index (χ3n) is 2.63. The van der Waals surface area contributed by atoms with Crippen LogP contribution in [0.5, 0.6) is 0 Å². The zero-order valence-electron chi connectivity index (χ0n) is 13.2. The number of aliphatic hydroxyl groups is 4. The zero-order chi connectivity index (χ0) is 21.1. The molecule has 0 aliphatic rings. The number of aliphatic hydroxyl groups excluding tert-OH is 4. The number of aldehydes is 1. The molecule has 154 valence electrons. The average molecular weight is 407 g/mol. The van der Waals surface area contributed by atoms with Crippen molar-refractivity contribution in [2.75, 3.05) is 6.61 Å². The van der Waals surface area contributed by atoms with E-state index in [2.05, 4.69) is 4.52 Å². The minimum Gasteiger partial charge on any atom is -0.481 e. The molecule has 0 aromatic rings. The van der Waals surface area contributed by atoms with E-state index in [0.717, 1.165) is 0 Å². The summed E-state index contributed by atoms with van der Waals surface area (Å²) in [5.41, 5.74) is 5.00. The molecule has 0 aromatic heterocycles. The fraction of sp³-hybridized carbons (Fsp3) is 0.727. The number of carbonyl (C=O) groups is 3. The molecule has 5 atom stereocenters. The lowest BCUT2D eigenvalue weighted by atomic mass is 10.0. The Morgan fingerprint density at radius 2 is 1.58 bits per heavy atom. The Morgan fingerprint density at radius 1 is 1.08 bits per heavy atom. The van der Waals surface area contributed by atoms with Crippen LogP contribution >= 0.6 is 7.82 Å². The van der Waals surface area contributed by atoms with Gasteiger partial charge < -0.3 is 51.0 Å². The number of carboxylic acids is 2. The maximum Gasteiger partial charge on any atom is 0.469 e. The zero-order valence-corrected chi connectivity index (χ0v) is 14.1. The number of aliphatic carboxylic acids is 2. The lowest BCUT2D eigenvalue weighted by molar-refractivity contribution is -0.140. The molecule has 0 aromatic carbocycles. The molecular weight excluding hydrogens is 385 g/mol. The van der Waals surface area contributed by atoms with Gasteiger partial charge in [-0.15, -0.1) is 0 Å². The van der Waals surface area contributed by atoms with E-state index in [4.69, 9.17) is 46.2 Å². The van der Waals surface area contributed by atoms with Gasteiger partial charge in [0.15, 0.2) is 6.29 Å². The molecule has 0 heterocycles. The van der Waals surface area contributed by atoms with E-state index in [0.29, 0.717) is 0 Å². The fourth-order valence-corrected chi connectivity index (χ4v) is 1.53. The van der Waals surface area contributed by atoms with Crippen LogP contribution in [0, 0.1) is 0 Å². The van der Waals surface area contributed by atoms with E-state index in [1.807, 2.05) is 0 Å². The Balaban J connectivity index is 0. The van der Waals surface area contributed by atoms with Crippen LogP contribution in [0.1, 0.15) is 12.8 Å². The summed E-state index contributed by atoms with van der Waals surface area (Å²) in [6.07, 6.45) is -8.03. The Labute approximate surface area is 146 Å². The van der Waals surface area contributed by atoms with Gasteiger partial charge in [-0.05, 0) is 6.42 Å². The maximum atomic E-state index is 10.2. The Kier molecular flexibility index (Phi) is 13.2. The van der Waals surface area contributed by atoms with Gasteiger partial charge in [-0.25, -0.2) is 4.57 Å². The molecule has 0 aliphatic heterocycles. The summed E-state index contributed by atoms with van der Waals surface area (Å²) in [5.74, 6) is -2.20. The van der Waals surface area contributed by atoms with Crippen molar-refractivity contribution in [3.05, 3.63) is 0 Å². The van der Waals surface area contributed by atoms with E-state index in [9.17, 15) is 18.9 Å². The van der Waals surface area contributed by atoms with Crippen molar-refractivity contribution < 1.29 is 63.9 Å². The van der Waals surface area contributed by atoms with Crippen molar-refractivity contribution in [1.29, 1.82) is 0 Å². The van der Waals surface area contributed by atoms with Gasteiger partial charge in [-0.2, -0.15) is 0 Å². The number of nitrogens with two attached hydrogens (primary N) is 1. The van der Waals surface area contributed by atoms with Crippen molar-refractivity contribution in [2.45, 2.75) is 43.3 Å². The van der Waals surface area contributed by atoms with Crippen molar-refractivity contribution in [1.82, 2.24) is 0 Å². The number of carboxylic acid groups (broad SMARTS) is 2. The quantitative estimate of drug-likeness (QED) is 0.117. The van der Waals surface area contributed by atoms with Gasteiger partial charge >= 0.3 is 19.8 Å². The first-order valence-corrected chi connectivity index (χ1v) is 8.33. The van der Waals surface area contributed by atoms with Gasteiger partial charge in [0.1, 0.15) is 30.5 Å². The highest BCUT2D eigenvalue weighted by Crippen LogP contribution is 2.35. The van der Waals surface area contributed by atoms with E-state index >= 15 is 0 Å². The largest absolute Gasteiger partial charge is 0.481 e. The number of carbonyl (C=O) groups excluding carboxylic acids is 1. The summed E-state index contributed by atoms with van der Waals surface area (Å²) in [4.78, 5) is 46.4. The topological polar surface area (TPSA) is 265 Å². The van der Waals surface area contributed by atoms with Crippen LogP contribution in [0.15, 0.2) is 0 Å². The fourth-order valence-electron chi connectivity index (χ4n) is 1.18. The third kappa shape index (κ3) is 13.8. The summed E-state index contributed by atoms with van der Waals surface area (Å²) in [6.45, 7) is -0.964. The minimum atomic E-state index is -4.80. The highest BCUT2D eigenvalue weighted by Gasteiger charge is 2.31. The van der Waals surface area contributed by atoms with Gasteiger partial charge in [0.05, 0.1) is 6.61 Å². The smallest absolute Gasteiger partial charge is 0.469 e. The number of hydrogen-bond acceptors (Lipinski definition) is 10. The summed E-state index contributed by atoms with van der Waals surface area (Å²) >= 11 is 0. The van der Waals surface area contributed by atoms with Gasteiger partial charge in [0, 0.05) is 6.42 Å². The number of rotatable bonds is 11. The number of phosphoric ester groups is 1. The van der Waals surface area contributed by atoms with Crippen molar-refractivity contribution in [3.63, 3.8) is 0 Å². The van der Waals surface area contributed by atoms with E-state index < -0.39 is 56.8 Å². The Bertz CT molecular complexity index is 494. The van der Waals surface area contributed by atoms with Crippen LogP contribution in [0.25, 0.3) is 0 Å². The molecule has 10 N–H and O–H groups in total. The molecule has 0 aliphatic carbocycles. The molecule has 0 bridgehead atoms. The maximum absolute atomic E-state index is 10.2. The molecule has 0 saturated heterocycles. The molecule has 5 unspecified atom stereocenters. The average Bonchev–Trinajstić information content (AvgIpc) is 2.54. The summed E-state index contributed by atoms with van der Waals surface area (Å²) in [7, 11) is -4.80. The molecular formula is C11H22NO13P. The van der Waals surface area contributed by atoms with Crippen LogP contribution in [0.2, 0.25) is 0 Å². The molecule has 0 radical (unpaired) electrons. The second-order valence-corrected chi connectivity index (χ2v) is 6.08. The standard InChI is InChI=1S/C6H13O9P.C5H9NO4/c7-1-3(8)5(10)6(11)4(9)2-15-16(12,13)14;6-3(5(9)10)1-2-4(7)8/h1,3-6,8-11H,2H2,(H2,12,13,14);3H,1-2,6H2,(H,7,8)(H,9,10). The monoisotopic (exact) mass is 407 g/mol. The van der Waals surface area contributed by atoms with Crippen LogP contribution in [0.3, 0.4) is 0 Å². The van der Waals surface area contributed by atoms with Crippen molar-refractivity contribution >= 4 is 26.0 Å². The molecule has 0 fully saturated rings. The SMILES string of the molecule is NC(CCC(=O)O)C(=O)O.O=CC(O)C(O)C(O)C(O)COP(=O)(O)O. The van der Waals surface area contributed by atoms with Crippen LogP contribution in [0.4, 0.5) is 0 Å². The third-order valence-corrected chi connectivity index (χ3v) is 3.12. The minimum absolute atomic E-state index is 0.0231. The van der Waals surface area contributed by atoms with E-state index in [1.165, 1.54) is 0 Å². The van der Waals surface area contributed by atoms with Gasteiger partial charge in [-0.3, -0.25) is 14.1 Å². The first-order chi connectivity index (χ1) is 11.7. The van der Waals surface area contributed by atoms with Crippen LogP contribution in [-0.4, -0.2) is 95.7 Å². The van der Waals surface area contributed by atoms with Gasteiger partial charge in [0.25, 0.3) is 0 Å². The normalized spacial score (nSPS) is 17.0. The predicted molar refractivity (Wildman–Crippen MR) is 80.6 cm³/mol. The van der Waals surface area contributed by atoms with Crippen LogP contribution in [-0.2, 0) is 23.5 Å². The molecule has 0 spiro atoms. The lowest BCUT2D eigenvalue weighted by Crippen LogP contribution is -2.46. The van der Waals surface area contributed by atoms with E-state index in [1.54, 1.807) is 0 Å². The second kappa shape index (κ2) is 12.8. The summed E-state index contributed by atoms with van der Waals surface area (Å²) in [6, 6.07) is -1.06. The Hall–Kier alpha value is -1.48. The summed E-state index contributed by atoms with van der Waals surface area (Å²) in [5, 5.41) is 52.3. The predicted octanol–water partition coefficient (Wildman–Crippen LogP) is -4.00. The number of hydrogen-bond donors (Lipinski definition) is 9. The highest BCUT2D eigenvalue weighted by molar-refractivity contribution is 7.46. The Morgan fingerprint density at radius 3 is 1.92 bits per heavy atom. The molecule has 0 amide bonds. The van der Waals surface area contributed by atoms with Crippen molar-refractivity contribution in [3.8, 4) is 0 Å². The van der Waals surface area contributed by atoms with Gasteiger partial charge in [0.2, 0.25) is 0 Å². The summed E-state index contributed by atoms with van der Waals surface area (Å²) < 4.78 is 14.1. The van der Waals surface area contributed by atoms with Crippen LogP contribution < -0.4 is 5.73 Å². The molecule has 0 saturated carbocycles. The van der Waals surface area contributed by atoms with Crippen molar-refractivity contribution in [2.24, 2.45) is 5.73 Å². The molecule has 26 heavy (non-hydrogen) atoms. The molecule has 14 nitrogen and oxygen atoms in total. The second-order valence-electron chi connectivity index (χ2n) is 4.84. The first-order valence-electron chi connectivity index (χ1n) is 6.80. The highest BCUT2D eigenvalue weighted by atomic mass is 31.2. The first kappa shape index (κ1) is 26.7. The lowest BCUT2D eigenvalue weighted by Gasteiger charge is -2.23. The molecule has 15 heteroatoms.